The molecule has 1 unspecified atom stereocenters. The second kappa shape index (κ2) is 7.89. The average molecular weight is 360 g/mol. The normalized spacial score (nSPS) is 17.6. The monoisotopic (exact) mass is 360 g/mol. The Kier molecular flexibility index (Phi) is 5.60. The van der Waals surface area contributed by atoms with Crippen LogP contribution in [0.15, 0.2) is 54.6 Å². The van der Waals surface area contributed by atoms with Crippen LogP contribution in [-0.2, 0) is 15.8 Å². The quantitative estimate of drug-likeness (QED) is 0.825. The zero-order valence-corrected chi connectivity index (χ0v) is 15.2. The molecule has 6 heteroatoms. The van der Waals surface area contributed by atoms with Gasteiger partial charge in [0.15, 0.2) is 0 Å². The lowest BCUT2D eigenvalue weighted by Gasteiger charge is -2.21. The minimum atomic E-state index is -3.31. The van der Waals surface area contributed by atoms with E-state index in [-0.39, 0.29) is 5.75 Å². The Bertz CT molecular complexity index is 793. The van der Waals surface area contributed by atoms with Crippen LogP contribution >= 0.6 is 0 Å². The molecule has 0 aliphatic carbocycles. The Morgan fingerprint density at radius 1 is 1.12 bits per heavy atom. The summed E-state index contributed by atoms with van der Waals surface area (Å²) in [4.78, 5) is 2.26. The maximum Gasteiger partial charge on any atom is 0.215 e. The number of ether oxygens (including phenoxy) is 1. The summed E-state index contributed by atoms with van der Waals surface area (Å²) in [5.41, 5.74) is 1.87. The molecule has 1 N–H and O–H groups in total. The van der Waals surface area contributed by atoms with Crippen LogP contribution in [0.4, 0.5) is 5.69 Å². The summed E-state index contributed by atoms with van der Waals surface area (Å²) in [5, 5.41) is 0. The van der Waals surface area contributed by atoms with E-state index in [1.54, 1.807) is 7.11 Å². The van der Waals surface area contributed by atoms with Gasteiger partial charge in [-0.2, -0.15) is 0 Å². The molecule has 1 heterocycles. The van der Waals surface area contributed by atoms with E-state index in [4.69, 9.17) is 4.74 Å². The van der Waals surface area contributed by atoms with Crippen molar-refractivity contribution in [2.75, 3.05) is 31.6 Å². The molecule has 1 saturated heterocycles. The number of benzene rings is 2. The standard InChI is InChI=1S/C19H24N2O3S/c1-24-19-10-6-5-9-18(19)21-12-11-17(14-21)13-20-25(22,23)15-16-7-3-2-4-8-16/h2-10,17,20H,11-15H2,1H3. The summed E-state index contributed by atoms with van der Waals surface area (Å²) in [5.74, 6) is 1.18. The highest BCUT2D eigenvalue weighted by Gasteiger charge is 2.25. The van der Waals surface area contributed by atoms with Crippen LogP contribution in [0.5, 0.6) is 5.75 Å². The lowest BCUT2D eigenvalue weighted by Crippen LogP contribution is -2.32. The third-order valence-electron chi connectivity index (χ3n) is 4.50. The van der Waals surface area contributed by atoms with Gasteiger partial charge in [0.1, 0.15) is 5.75 Å². The largest absolute Gasteiger partial charge is 0.495 e. The fourth-order valence-electron chi connectivity index (χ4n) is 3.20. The predicted molar refractivity (Wildman–Crippen MR) is 100 cm³/mol. The summed E-state index contributed by atoms with van der Waals surface area (Å²) in [7, 11) is -1.64. The van der Waals surface area contributed by atoms with Crippen LogP contribution in [0.1, 0.15) is 12.0 Å². The van der Waals surface area contributed by atoms with Crippen LogP contribution in [0, 0.1) is 5.92 Å². The van der Waals surface area contributed by atoms with Crippen LogP contribution in [0.2, 0.25) is 0 Å². The third kappa shape index (κ3) is 4.74. The first-order valence-electron chi connectivity index (χ1n) is 8.46. The minimum Gasteiger partial charge on any atom is -0.495 e. The molecule has 0 spiro atoms. The van der Waals surface area contributed by atoms with E-state index in [0.717, 1.165) is 36.5 Å². The van der Waals surface area contributed by atoms with Crippen molar-refractivity contribution >= 4 is 15.7 Å². The number of nitrogens with one attached hydrogen (secondary N) is 1. The smallest absolute Gasteiger partial charge is 0.215 e. The minimum absolute atomic E-state index is 0.0246. The highest BCUT2D eigenvalue weighted by molar-refractivity contribution is 7.88. The first kappa shape index (κ1) is 17.8. The molecule has 0 radical (unpaired) electrons. The average Bonchev–Trinajstić information content (AvgIpc) is 3.09. The maximum atomic E-state index is 12.3. The molecule has 2 aromatic carbocycles. The number of anilines is 1. The first-order valence-corrected chi connectivity index (χ1v) is 10.1. The Morgan fingerprint density at radius 2 is 1.84 bits per heavy atom. The van der Waals surface area contributed by atoms with Gasteiger partial charge in [-0.05, 0) is 30.0 Å². The molecule has 1 atom stereocenters. The number of sulfonamides is 1. The number of nitrogens with zero attached hydrogens (tertiary/aromatic N) is 1. The Hall–Kier alpha value is -2.05. The fraction of sp³-hybridized carbons (Fsp3) is 0.368. The molecule has 134 valence electrons. The van der Waals surface area contributed by atoms with Gasteiger partial charge >= 0.3 is 0 Å². The summed E-state index contributed by atoms with van der Waals surface area (Å²) in [6.45, 7) is 2.21. The number of hydrogen-bond donors (Lipinski definition) is 1. The molecule has 5 nitrogen and oxygen atoms in total. The molecule has 0 amide bonds. The Morgan fingerprint density at radius 3 is 2.60 bits per heavy atom. The number of hydrogen-bond acceptors (Lipinski definition) is 4. The zero-order chi connectivity index (χ0) is 17.7. The van der Waals surface area contributed by atoms with Gasteiger partial charge in [0.2, 0.25) is 10.0 Å². The second-order valence-electron chi connectivity index (χ2n) is 6.37. The summed E-state index contributed by atoms with van der Waals surface area (Å²) >= 11 is 0. The molecule has 0 saturated carbocycles. The van der Waals surface area contributed by atoms with Gasteiger partial charge in [0.25, 0.3) is 0 Å². The van der Waals surface area contributed by atoms with Crippen LogP contribution in [-0.4, -0.2) is 35.2 Å². The lowest BCUT2D eigenvalue weighted by molar-refractivity contribution is 0.414. The number of para-hydroxylation sites is 2. The molecule has 2 aromatic rings. The number of methoxy groups -OCH3 is 1. The van der Waals surface area contributed by atoms with Crippen molar-refractivity contribution in [3.8, 4) is 5.75 Å². The summed E-state index contributed by atoms with van der Waals surface area (Å²) < 4.78 is 32.7. The first-order chi connectivity index (χ1) is 12.1. The van der Waals surface area contributed by atoms with E-state index >= 15 is 0 Å². The lowest BCUT2D eigenvalue weighted by atomic mass is 10.1. The Balaban J connectivity index is 1.55. The molecule has 1 aliphatic rings. The van der Waals surface area contributed by atoms with Gasteiger partial charge in [0.05, 0.1) is 18.6 Å². The van der Waals surface area contributed by atoms with Crippen molar-refractivity contribution in [2.24, 2.45) is 5.92 Å². The third-order valence-corrected chi connectivity index (χ3v) is 5.82. The number of rotatable bonds is 7. The van der Waals surface area contributed by atoms with Crippen molar-refractivity contribution in [1.82, 2.24) is 4.72 Å². The molecular weight excluding hydrogens is 336 g/mol. The topological polar surface area (TPSA) is 58.6 Å². The van der Waals surface area contributed by atoms with Gasteiger partial charge in [-0.1, -0.05) is 42.5 Å². The van der Waals surface area contributed by atoms with Crippen LogP contribution < -0.4 is 14.4 Å². The molecule has 3 rings (SSSR count). The van der Waals surface area contributed by atoms with Crippen molar-refractivity contribution in [1.29, 1.82) is 0 Å². The second-order valence-corrected chi connectivity index (χ2v) is 8.17. The van der Waals surface area contributed by atoms with E-state index in [2.05, 4.69) is 9.62 Å². The van der Waals surface area contributed by atoms with E-state index in [9.17, 15) is 8.42 Å². The summed E-state index contributed by atoms with van der Waals surface area (Å²) in [6, 6.07) is 17.2. The molecule has 0 bridgehead atoms. The summed E-state index contributed by atoms with van der Waals surface area (Å²) in [6.07, 6.45) is 0.964. The molecule has 25 heavy (non-hydrogen) atoms. The van der Waals surface area contributed by atoms with Crippen molar-refractivity contribution in [2.45, 2.75) is 12.2 Å². The highest BCUT2D eigenvalue weighted by atomic mass is 32.2. The van der Waals surface area contributed by atoms with Crippen molar-refractivity contribution in [3.63, 3.8) is 0 Å². The fourth-order valence-corrected chi connectivity index (χ4v) is 4.42. The maximum absolute atomic E-state index is 12.3. The van der Waals surface area contributed by atoms with E-state index in [1.807, 2.05) is 54.6 Å². The van der Waals surface area contributed by atoms with Crippen LogP contribution in [0.3, 0.4) is 0 Å². The van der Waals surface area contributed by atoms with E-state index in [0.29, 0.717) is 12.5 Å². The van der Waals surface area contributed by atoms with E-state index < -0.39 is 10.0 Å². The van der Waals surface area contributed by atoms with E-state index in [1.165, 1.54) is 0 Å². The molecule has 1 aliphatic heterocycles. The predicted octanol–water partition coefficient (Wildman–Crippen LogP) is 2.64. The van der Waals surface area contributed by atoms with Gasteiger partial charge in [-0.15, -0.1) is 0 Å². The van der Waals surface area contributed by atoms with Crippen molar-refractivity contribution in [3.05, 3.63) is 60.2 Å². The molecule has 0 aromatic heterocycles. The Labute approximate surface area is 149 Å². The van der Waals surface area contributed by atoms with Gasteiger partial charge in [-0.25, -0.2) is 13.1 Å². The molecule has 1 fully saturated rings. The van der Waals surface area contributed by atoms with Gasteiger partial charge < -0.3 is 9.64 Å². The van der Waals surface area contributed by atoms with Crippen molar-refractivity contribution < 1.29 is 13.2 Å². The van der Waals surface area contributed by atoms with Gasteiger partial charge in [-0.3, -0.25) is 0 Å². The van der Waals surface area contributed by atoms with Crippen LogP contribution in [0.25, 0.3) is 0 Å². The zero-order valence-electron chi connectivity index (χ0n) is 14.4. The highest BCUT2D eigenvalue weighted by Crippen LogP contribution is 2.31. The molecular formula is C19H24N2O3S. The van der Waals surface area contributed by atoms with Gasteiger partial charge in [0, 0.05) is 19.6 Å². The SMILES string of the molecule is COc1ccccc1N1CCC(CNS(=O)(=O)Cc2ccccc2)C1.